The summed E-state index contributed by atoms with van der Waals surface area (Å²) in [7, 11) is 0. The van der Waals surface area contributed by atoms with Gasteiger partial charge in [-0.3, -0.25) is 0 Å². The molecule has 104 valence electrons. The molecule has 0 atom stereocenters. The Balaban J connectivity index is 2.30. The van der Waals surface area contributed by atoms with Crippen molar-refractivity contribution in [2.45, 2.75) is 45.4 Å². The van der Waals surface area contributed by atoms with Crippen molar-refractivity contribution >= 4 is 15.9 Å². The lowest BCUT2D eigenvalue weighted by Gasteiger charge is -2.23. The van der Waals surface area contributed by atoms with Crippen molar-refractivity contribution < 1.29 is 0 Å². The molecule has 2 aromatic carbocycles. The summed E-state index contributed by atoms with van der Waals surface area (Å²) in [5.74, 6) is 0. The Morgan fingerprint density at radius 3 is 2.00 bits per heavy atom. The molecule has 3 rings (SSSR count). The van der Waals surface area contributed by atoms with Crippen molar-refractivity contribution in [2.75, 3.05) is 0 Å². The van der Waals surface area contributed by atoms with Crippen LogP contribution in [-0.2, 0) is 10.8 Å². The summed E-state index contributed by atoms with van der Waals surface area (Å²) in [6.45, 7) is 11.5. The van der Waals surface area contributed by atoms with Crippen LogP contribution < -0.4 is 0 Å². The topological polar surface area (TPSA) is 0 Å². The van der Waals surface area contributed by atoms with Gasteiger partial charge in [-0.2, -0.15) is 0 Å². The van der Waals surface area contributed by atoms with Crippen LogP contribution in [0, 0.1) is 0 Å². The molecule has 0 amide bonds. The van der Waals surface area contributed by atoms with Crippen LogP contribution >= 0.6 is 15.9 Å². The molecular formula is C19H21Br. The maximum atomic E-state index is 3.61. The highest BCUT2D eigenvalue weighted by atomic mass is 79.9. The lowest BCUT2D eigenvalue weighted by Crippen LogP contribution is -2.16. The normalized spacial score (nSPS) is 15.9. The minimum absolute atomic E-state index is 0.0990. The first-order chi connectivity index (χ1) is 9.21. The highest BCUT2D eigenvalue weighted by Crippen LogP contribution is 2.50. The summed E-state index contributed by atoms with van der Waals surface area (Å²) in [5.41, 5.74) is 7.35. The van der Waals surface area contributed by atoms with Crippen molar-refractivity contribution in [3.63, 3.8) is 0 Å². The molecule has 0 nitrogen and oxygen atoms in total. The van der Waals surface area contributed by atoms with E-state index >= 15 is 0 Å². The standard InChI is InChI=1S/C19H21Br/c1-18(2,3)12-6-8-16-14(10-12)15-11-13(20)7-9-17(15)19(16,4)5/h6-11H,1-5H3. The number of benzene rings is 2. The second-order valence-electron chi connectivity index (χ2n) is 7.33. The van der Waals surface area contributed by atoms with Gasteiger partial charge in [-0.1, -0.05) is 74.8 Å². The zero-order valence-corrected chi connectivity index (χ0v) is 14.4. The zero-order valence-electron chi connectivity index (χ0n) is 12.8. The van der Waals surface area contributed by atoms with Gasteiger partial charge in [0.15, 0.2) is 0 Å². The van der Waals surface area contributed by atoms with Crippen molar-refractivity contribution in [1.29, 1.82) is 0 Å². The van der Waals surface area contributed by atoms with E-state index in [1.54, 1.807) is 0 Å². The van der Waals surface area contributed by atoms with Crippen LogP contribution in [0.3, 0.4) is 0 Å². The van der Waals surface area contributed by atoms with E-state index in [-0.39, 0.29) is 10.8 Å². The van der Waals surface area contributed by atoms with Crippen molar-refractivity contribution in [3.8, 4) is 11.1 Å². The fourth-order valence-corrected chi connectivity index (χ4v) is 3.57. The predicted octanol–water partition coefficient (Wildman–Crippen LogP) is 6.05. The molecule has 20 heavy (non-hydrogen) atoms. The summed E-state index contributed by atoms with van der Waals surface area (Å²) < 4.78 is 1.15. The number of fused-ring (bicyclic) bond motifs is 3. The van der Waals surface area contributed by atoms with Gasteiger partial charge in [0.1, 0.15) is 0 Å². The summed E-state index contributed by atoms with van der Waals surface area (Å²) in [4.78, 5) is 0. The van der Waals surface area contributed by atoms with E-state index < -0.39 is 0 Å². The second kappa shape index (κ2) is 4.21. The van der Waals surface area contributed by atoms with Gasteiger partial charge in [0, 0.05) is 9.89 Å². The number of hydrogen-bond donors (Lipinski definition) is 0. The lowest BCUT2D eigenvalue weighted by molar-refractivity contribution is 0.589. The van der Waals surface area contributed by atoms with Gasteiger partial charge in [0.25, 0.3) is 0 Å². The van der Waals surface area contributed by atoms with Gasteiger partial charge in [0.05, 0.1) is 0 Å². The minimum Gasteiger partial charge on any atom is -0.0582 e. The fourth-order valence-electron chi connectivity index (χ4n) is 3.21. The summed E-state index contributed by atoms with van der Waals surface area (Å²) in [6.07, 6.45) is 0. The molecule has 1 aliphatic rings. The molecule has 2 aromatic rings. The van der Waals surface area contributed by atoms with Crippen LogP contribution in [0.15, 0.2) is 40.9 Å². The molecular weight excluding hydrogens is 308 g/mol. The molecule has 0 radical (unpaired) electrons. The van der Waals surface area contributed by atoms with Crippen molar-refractivity contribution in [1.82, 2.24) is 0 Å². The van der Waals surface area contributed by atoms with Gasteiger partial charge in [-0.05, 0) is 45.4 Å². The SMILES string of the molecule is CC(C)(C)c1ccc2c(c1)-c1cc(Br)ccc1C2(C)C. The van der Waals surface area contributed by atoms with Gasteiger partial charge >= 0.3 is 0 Å². The monoisotopic (exact) mass is 328 g/mol. The summed E-state index contributed by atoms with van der Waals surface area (Å²) in [6, 6.07) is 13.7. The van der Waals surface area contributed by atoms with Gasteiger partial charge < -0.3 is 0 Å². The fraction of sp³-hybridized carbons (Fsp3) is 0.368. The van der Waals surface area contributed by atoms with E-state index in [9.17, 15) is 0 Å². The zero-order chi connectivity index (χ0) is 14.7. The Hall–Kier alpha value is -1.08. The molecule has 0 N–H and O–H groups in total. The first-order valence-corrected chi connectivity index (χ1v) is 7.96. The minimum atomic E-state index is 0.0990. The Morgan fingerprint density at radius 2 is 1.40 bits per heavy atom. The van der Waals surface area contributed by atoms with Crippen molar-refractivity contribution in [3.05, 3.63) is 57.6 Å². The van der Waals surface area contributed by atoms with Gasteiger partial charge in [-0.15, -0.1) is 0 Å². The Labute approximate surface area is 130 Å². The maximum absolute atomic E-state index is 3.61. The van der Waals surface area contributed by atoms with Gasteiger partial charge in [0.2, 0.25) is 0 Å². The smallest absolute Gasteiger partial charge is 0.0181 e. The van der Waals surface area contributed by atoms with Gasteiger partial charge in [-0.25, -0.2) is 0 Å². The third kappa shape index (κ3) is 1.95. The molecule has 0 aliphatic heterocycles. The molecule has 0 bridgehead atoms. The maximum Gasteiger partial charge on any atom is 0.0181 e. The molecule has 0 saturated carbocycles. The lowest BCUT2D eigenvalue weighted by atomic mass is 9.80. The highest BCUT2D eigenvalue weighted by Gasteiger charge is 2.35. The van der Waals surface area contributed by atoms with Crippen LogP contribution in [0.25, 0.3) is 11.1 Å². The average Bonchev–Trinajstić information content (AvgIpc) is 2.57. The van der Waals surface area contributed by atoms with E-state index in [0.29, 0.717) is 0 Å². The third-order valence-corrected chi connectivity index (χ3v) is 5.00. The number of halogens is 1. The molecule has 0 spiro atoms. The number of rotatable bonds is 0. The van der Waals surface area contributed by atoms with E-state index in [1.165, 1.54) is 27.8 Å². The molecule has 1 heteroatoms. The van der Waals surface area contributed by atoms with Crippen LogP contribution in [0.5, 0.6) is 0 Å². The van der Waals surface area contributed by atoms with E-state index in [4.69, 9.17) is 0 Å². The molecule has 0 aromatic heterocycles. The van der Waals surface area contributed by atoms with Crippen LogP contribution in [0.4, 0.5) is 0 Å². The largest absolute Gasteiger partial charge is 0.0582 e. The molecule has 0 fully saturated rings. The van der Waals surface area contributed by atoms with Crippen LogP contribution in [0.1, 0.15) is 51.3 Å². The first-order valence-electron chi connectivity index (χ1n) is 7.17. The third-order valence-electron chi connectivity index (χ3n) is 4.50. The molecule has 0 saturated heterocycles. The Kier molecular flexibility index (Phi) is 2.92. The summed E-state index contributed by atoms with van der Waals surface area (Å²) >= 11 is 3.61. The summed E-state index contributed by atoms with van der Waals surface area (Å²) in [5, 5.41) is 0. The van der Waals surface area contributed by atoms with Crippen LogP contribution in [0.2, 0.25) is 0 Å². The average molecular weight is 329 g/mol. The molecule has 0 heterocycles. The van der Waals surface area contributed by atoms with Crippen LogP contribution in [-0.4, -0.2) is 0 Å². The Bertz CT molecular complexity index is 687. The molecule has 0 unspecified atom stereocenters. The van der Waals surface area contributed by atoms with Crippen molar-refractivity contribution in [2.24, 2.45) is 0 Å². The van der Waals surface area contributed by atoms with E-state index in [2.05, 4.69) is 86.9 Å². The van der Waals surface area contributed by atoms with E-state index in [1.807, 2.05) is 0 Å². The molecule has 1 aliphatic carbocycles. The Morgan fingerprint density at radius 1 is 0.850 bits per heavy atom. The quantitative estimate of drug-likeness (QED) is 0.552. The second-order valence-corrected chi connectivity index (χ2v) is 8.24. The predicted molar refractivity (Wildman–Crippen MR) is 90.4 cm³/mol. The van der Waals surface area contributed by atoms with E-state index in [0.717, 1.165) is 4.47 Å². The number of hydrogen-bond acceptors (Lipinski definition) is 0. The first kappa shape index (κ1) is 13.9. The highest BCUT2D eigenvalue weighted by molar-refractivity contribution is 9.10.